The fourth-order valence-electron chi connectivity index (χ4n) is 3.26. The molecule has 2 rings (SSSR count). The third-order valence-electron chi connectivity index (χ3n) is 4.56. The zero-order valence-corrected chi connectivity index (χ0v) is 13.7. The first-order valence-corrected chi connectivity index (χ1v) is 8.03. The molecule has 2 N–H and O–H groups in total. The molecular weight excluding hydrogens is 268 g/mol. The lowest BCUT2D eigenvalue weighted by atomic mass is 9.77. The van der Waals surface area contributed by atoms with Crippen LogP contribution in [0.25, 0.3) is 0 Å². The Hall–Kier alpha value is -0.730. The van der Waals surface area contributed by atoms with E-state index in [-0.39, 0.29) is 0 Å². The van der Waals surface area contributed by atoms with Gasteiger partial charge in [0.2, 0.25) is 0 Å². The molecule has 0 spiro atoms. The van der Waals surface area contributed by atoms with Crippen molar-refractivity contribution in [1.29, 1.82) is 0 Å². The third kappa shape index (κ3) is 3.48. The van der Waals surface area contributed by atoms with E-state index in [1.54, 1.807) is 0 Å². The van der Waals surface area contributed by atoms with Crippen LogP contribution in [0.1, 0.15) is 45.6 Å². The number of nitrogens with two attached hydrogens (primary N) is 1. The molecule has 1 unspecified atom stereocenters. The molecule has 1 aliphatic heterocycles. The van der Waals surface area contributed by atoms with Crippen molar-refractivity contribution in [3.05, 3.63) is 28.8 Å². The lowest BCUT2D eigenvalue weighted by molar-refractivity contribution is 0.220. The Kier molecular flexibility index (Phi) is 4.98. The standard InChI is InChI=1S/C17H27ClN2/c1-17(2,3)14-7-5-10-20(11-9-14)16-13(12-19)6-4-8-15(16)18/h4,6,8,14H,5,7,9-12,19H2,1-3H3. The fourth-order valence-corrected chi connectivity index (χ4v) is 3.58. The van der Waals surface area contributed by atoms with Gasteiger partial charge in [0.25, 0.3) is 0 Å². The number of hydrogen-bond acceptors (Lipinski definition) is 2. The highest BCUT2D eigenvalue weighted by Gasteiger charge is 2.28. The molecule has 0 amide bonds. The number of halogens is 1. The Morgan fingerprint density at radius 2 is 2.00 bits per heavy atom. The van der Waals surface area contributed by atoms with Gasteiger partial charge >= 0.3 is 0 Å². The van der Waals surface area contributed by atoms with E-state index in [0.717, 1.165) is 35.3 Å². The molecule has 0 radical (unpaired) electrons. The molecule has 20 heavy (non-hydrogen) atoms. The molecule has 0 bridgehead atoms. The van der Waals surface area contributed by atoms with Gasteiger partial charge in [-0.1, -0.05) is 44.5 Å². The van der Waals surface area contributed by atoms with E-state index in [1.807, 2.05) is 12.1 Å². The molecule has 0 saturated carbocycles. The van der Waals surface area contributed by atoms with Crippen molar-refractivity contribution in [1.82, 2.24) is 0 Å². The first-order chi connectivity index (χ1) is 9.43. The highest BCUT2D eigenvalue weighted by Crippen LogP contribution is 2.37. The van der Waals surface area contributed by atoms with Crippen LogP contribution >= 0.6 is 11.6 Å². The van der Waals surface area contributed by atoms with Crippen LogP contribution < -0.4 is 10.6 Å². The van der Waals surface area contributed by atoms with Crippen LogP contribution in [0, 0.1) is 11.3 Å². The number of hydrogen-bond donors (Lipinski definition) is 1. The quantitative estimate of drug-likeness (QED) is 0.873. The Morgan fingerprint density at radius 3 is 2.65 bits per heavy atom. The van der Waals surface area contributed by atoms with E-state index in [9.17, 15) is 0 Å². The molecule has 112 valence electrons. The summed E-state index contributed by atoms with van der Waals surface area (Å²) >= 11 is 6.42. The van der Waals surface area contributed by atoms with Gasteiger partial charge in [-0.15, -0.1) is 0 Å². The molecule has 1 aromatic carbocycles. The second kappa shape index (κ2) is 6.36. The minimum atomic E-state index is 0.396. The van der Waals surface area contributed by atoms with Gasteiger partial charge in [0, 0.05) is 19.6 Å². The maximum atomic E-state index is 6.42. The van der Waals surface area contributed by atoms with Crippen LogP contribution in [-0.4, -0.2) is 13.1 Å². The molecule has 1 aromatic rings. The average molecular weight is 295 g/mol. The predicted molar refractivity (Wildman–Crippen MR) is 88.4 cm³/mol. The smallest absolute Gasteiger partial charge is 0.0642 e. The molecule has 1 fully saturated rings. The van der Waals surface area contributed by atoms with E-state index >= 15 is 0 Å². The topological polar surface area (TPSA) is 29.3 Å². The zero-order valence-electron chi connectivity index (χ0n) is 13.0. The van der Waals surface area contributed by atoms with Gasteiger partial charge in [0.15, 0.2) is 0 Å². The normalized spacial score (nSPS) is 20.9. The van der Waals surface area contributed by atoms with Gasteiger partial charge in [-0.2, -0.15) is 0 Å². The molecule has 0 aromatic heterocycles. The largest absolute Gasteiger partial charge is 0.370 e. The predicted octanol–water partition coefficient (Wildman–Crippen LogP) is 4.45. The summed E-state index contributed by atoms with van der Waals surface area (Å²) in [5.41, 5.74) is 8.59. The van der Waals surface area contributed by atoms with Crippen LogP contribution in [0.5, 0.6) is 0 Å². The highest BCUT2D eigenvalue weighted by molar-refractivity contribution is 6.33. The highest BCUT2D eigenvalue weighted by atomic mass is 35.5. The Morgan fingerprint density at radius 1 is 1.25 bits per heavy atom. The van der Waals surface area contributed by atoms with Gasteiger partial charge < -0.3 is 10.6 Å². The summed E-state index contributed by atoms with van der Waals surface area (Å²) in [6.07, 6.45) is 3.78. The minimum Gasteiger partial charge on any atom is -0.370 e. The summed E-state index contributed by atoms with van der Waals surface area (Å²) in [5, 5.41) is 0.835. The molecule has 1 saturated heterocycles. The van der Waals surface area contributed by atoms with Gasteiger partial charge in [0.05, 0.1) is 10.7 Å². The molecular formula is C17H27ClN2. The summed E-state index contributed by atoms with van der Waals surface area (Å²) in [4.78, 5) is 2.44. The van der Waals surface area contributed by atoms with Gasteiger partial charge in [-0.25, -0.2) is 0 Å². The van der Waals surface area contributed by atoms with Crippen LogP contribution in [0.4, 0.5) is 5.69 Å². The summed E-state index contributed by atoms with van der Waals surface area (Å²) in [6, 6.07) is 6.05. The Bertz CT molecular complexity index is 451. The molecule has 1 atom stereocenters. The van der Waals surface area contributed by atoms with Crippen molar-refractivity contribution in [2.45, 2.75) is 46.6 Å². The van der Waals surface area contributed by atoms with E-state index in [0.29, 0.717) is 12.0 Å². The van der Waals surface area contributed by atoms with Crippen molar-refractivity contribution in [3.8, 4) is 0 Å². The maximum Gasteiger partial charge on any atom is 0.0642 e. The molecule has 1 heterocycles. The van der Waals surface area contributed by atoms with Crippen molar-refractivity contribution in [2.24, 2.45) is 17.1 Å². The maximum absolute atomic E-state index is 6.42. The summed E-state index contributed by atoms with van der Waals surface area (Å²) in [5.74, 6) is 0.788. The Balaban J connectivity index is 2.19. The molecule has 1 aliphatic rings. The zero-order chi connectivity index (χ0) is 14.8. The van der Waals surface area contributed by atoms with Gasteiger partial charge in [-0.05, 0) is 42.2 Å². The van der Waals surface area contributed by atoms with Crippen LogP contribution in [-0.2, 0) is 6.54 Å². The SMILES string of the molecule is CC(C)(C)C1CCCN(c2c(Cl)cccc2CN)CC1. The van der Waals surface area contributed by atoms with Gasteiger partial charge in [0.1, 0.15) is 0 Å². The number of nitrogens with zero attached hydrogens (tertiary/aromatic N) is 1. The molecule has 0 aliphatic carbocycles. The second-order valence-electron chi connectivity index (χ2n) is 6.93. The van der Waals surface area contributed by atoms with E-state index < -0.39 is 0 Å². The fraction of sp³-hybridized carbons (Fsp3) is 0.647. The number of anilines is 1. The van der Waals surface area contributed by atoms with Gasteiger partial charge in [-0.3, -0.25) is 0 Å². The first kappa shape index (κ1) is 15.7. The number of para-hydroxylation sites is 1. The lowest BCUT2D eigenvalue weighted by Crippen LogP contribution is -2.27. The second-order valence-corrected chi connectivity index (χ2v) is 7.34. The summed E-state index contributed by atoms with van der Waals surface area (Å²) in [6.45, 7) is 9.79. The first-order valence-electron chi connectivity index (χ1n) is 7.66. The van der Waals surface area contributed by atoms with Crippen molar-refractivity contribution < 1.29 is 0 Å². The summed E-state index contributed by atoms with van der Waals surface area (Å²) in [7, 11) is 0. The van der Waals surface area contributed by atoms with Crippen molar-refractivity contribution in [3.63, 3.8) is 0 Å². The van der Waals surface area contributed by atoms with Crippen LogP contribution in [0.2, 0.25) is 5.02 Å². The van der Waals surface area contributed by atoms with Crippen molar-refractivity contribution >= 4 is 17.3 Å². The summed E-state index contributed by atoms with van der Waals surface area (Å²) < 4.78 is 0. The number of rotatable bonds is 2. The molecule has 3 heteroatoms. The Labute approximate surface area is 128 Å². The van der Waals surface area contributed by atoms with Crippen molar-refractivity contribution in [2.75, 3.05) is 18.0 Å². The number of benzene rings is 1. The van der Waals surface area contributed by atoms with Crippen LogP contribution in [0.3, 0.4) is 0 Å². The molecule has 2 nitrogen and oxygen atoms in total. The average Bonchev–Trinajstić information content (AvgIpc) is 2.63. The third-order valence-corrected chi connectivity index (χ3v) is 4.86. The van der Waals surface area contributed by atoms with Crippen LogP contribution in [0.15, 0.2) is 18.2 Å². The van der Waals surface area contributed by atoms with E-state index in [1.165, 1.54) is 19.3 Å². The van der Waals surface area contributed by atoms with E-state index in [2.05, 4.69) is 31.7 Å². The van der Waals surface area contributed by atoms with E-state index in [4.69, 9.17) is 17.3 Å². The minimum absolute atomic E-state index is 0.396. The lowest BCUT2D eigenvalue weighted by Gasteiger charge is -2.30. The monoisotopic (exact) mass is 294 g/mol.